The Morgan fingerprint density at radius 2 is 1.97 bits per heavy atom. The van der Waals surface area contributed by atoms with E-state index in [-0.39, 0.29) is 21.2 Å². The van der Waals surface area contributed by atoms with Crippen LogP contribution in [-0.2, 0) is 20.8 Å². The molecule has 3 aromatic rings. The zero-order valence-electron chi connectivity index (χ0n) is 18.2. The summed E-state index contributed by atoms with van der Waals surface area (Å²) in [7, 11) is 2.47. The number of carbonyl (C=O) groups excluding carboxylic acids is 3. The smallest absolute Gasteiger partial charge is 0.348 e. The van der Waals surface area contributed by atoms with Crippen LogP contribution in [0.2, 0.25) is 0 Å². The van der Waals surface area contributed by atoms with E-state index < -0.39 is 17.8 Å². The van der Waals surface area contributed by atoms with E-state index in [4.69, 9.17) is 9.47 Å². The molecule has 0 aromatic carbocycles. The molecule has 172 valence electrons. The SMILES string of the molecule is C=CCn1c(SCC(=O)Nc2sc(C(=O)OC)c(C)c2C(=O)OC)nnc1-c1ccccn1. The molecule has 1 N–H and O–H groups in total. The van der Waals surface area contributed by atoms with Gasteiger partial charge < -0.3 is 14.8 Å². The number of thiophene rings is 1. The molecule has 0 saturated heterocycles. The van der Waals surface area contributed by atoms with Gasteiger partial charge in [0.05, 0.1) is 25.5 Å². The lowest BCUT2D eigenvalue weighted by Gasteiger charge is -2.08. The molecule has 33 heavy (non-hydrogen) atoms. The fourth-order valence-corrected chi connectivity index (χ4v) is 4.78. The van der Waals surface area contributed by atoms with Gasteiger partial charge in [0.25, 0.3) is 0 Å². The van der Waals surface area contributed by atoms with Crippen LogP contribution in [0.5, 0.6) is 0 Å². The highest BCUT2D eigenvalue weighted by atomic mass is 32.2. The molecular formula is C21H21N5O5S2. The van der Waals surface area contributed by atoms with Gasteiger partial charge in [-0.1, -0.05) is 23.9 Å². The third-order valence-electron chi connectivity index (χ3n) is 4.41. The van der Waals surface area contributed by atoms with Crippen LogP contribution in [0, 0.1) is 6.92 Å². The summed E-state index contributed by atoms with van der Waals surface area (Å²) < 4.78 is 11.4. The number of amides is 1. The average Bonchev–Trinajstić information content (AvgIpc) is 3.38. The van der Waals surface area contributed by atoms with E-state index in [0.717, 1.165) is 11.3 Å². The standard InChI is InChI=1S/C21H21N5O5S2/c1-5-10-26-17(13-8-6-7-9-22-13)24-25-21(26)32-11-14(27)23-18-15(19(28)30-3)12(2)16(33-18)20(29)31-4/h5-9H,1,10-11H2,2-4H3,(H,23,27). The van der Waals surface area contributed by atoms with Crippen molar-refractivity contribution >= 4 is 45.9 Å². The van der Waals surface area contributed by atoms with Crippen molar-refractivity contribution in [1.29, 1.82) is 0 Å². The molecular weight excluding hydrogens is 466 g/mol. The highest BCUT2D eigenvalue weighted by Crippen LogP contribution is 2.34. The summed E-state index contributed by atoms with van der Waals surface area (Å²) in [6.07, 6.45) is 3.36. The van der Waals surface area contributed by atoms with Crippen molar-refractivity contribution in [3.8, 4) is 11.5 Å². The fourth-order valence-electron chi connectivity index (χ4n) is 2.90. The Labute approximate surface area is 198 Å². The number of esters is 2. The van der Waals surface area contributed by atoms with Crippen LogP contribution >= 0.6 is 23.1 Å². The van der Waals surface area contributed by atoms with Gasteiger partial charge in [0.15, 0.2) is 11.0 Å². The number of thioether (sulfide) groups is 1. The summed E-state index contributed by atoms with van der Waals surface area (Å²) in [4.78, 5) is 41.4. The normalized spacial score (nSPS) is 10.5. The van der Waals surface area contributed by atoms with Gasteiger partial charge in [-0.2, -0.15) is 0 Å². The monoisotopic (exact) mass is 487 g/mol. The van der Waals surface area contributed by atoms with Crippen LogP contribution in [0.25, 0.3) is 11.5 Å². The second-order valence-electron chi connectivity index (χ2n) is 6.50. The average molecular weight is 488 g/mol. The molecule has 0 aliphatic carbocycles. The van der Waals surface area contributed by atoms with Crippen LogP contribution in [0.1, 0.15) is 25.6 Å². The first-order valence-corrected chi connectivity index (χ1v) is 11.4. The molecule has 12 heteroatoms. The number of nitrogens with one attached hydrogen (secondary N) is 1. The van der Waals surface area contributed by atoms with Gasteiger partial charge in [-0.05, 0) is 24.6 Å². The predicted octanol–water partition coefficient (Wildman–Crippen LogP) is 3.20. The number of aromatic nitrogens is 4. The minimum atomic E-state index is -0.660. The number of hydrogen-bond donors (Lipinski definition) is 1. The number of methoxy groups -OCH3 is 2. The zero-order chi connectivity index (χ0) is 24.0. The minimum absolute atomic E-state index is 0.0113. The van der Waals surface area contributed by atoms with E-state index in [1.54, 1.807) is 29.8 Å². The molecule has 0 aliphatic rings. The van der Waals surface area contributed by atoms with Crippen LogP contribution in [-0.4, -0.2) is 57.6 Å². The molecule has 3 heterocycles. The van der Waals surface area contributed by atoms with Gasteiger partial charge in [-0.15, -0.1) is 28.1 Å². The Kier molecular flexibility index (Phi) is 7.96. The van der Waals surface area contributed by atoms with Crippen LogP contribution < -0.4 is 5.32 Å². The minimum Gasteiger partial charge on any atom is -0.465 e. The third kappa shape index (κ3) is 5.29. The molecule has 3 rings (SSSR count). The quantitative estimate of drug-likeness (QED) is 0.275. The number of nitrogens with zero attached hydrogens (tertiary/aromatic N) is 4. The topological polar surface area (TPSA) is 125 Å². The van der Waals surface area contributed by atoms with Gasteiger partial charge in [0, 0.05) is 12.7 Å². The summed E-state index contributed by atoms with van der Waals surface area (Å²) in [5, 5.41) is 11.8. The Balaban J connectivity index is 1.79. The van der Waals surface area contributed by atoms with Crippen molar-refractivity contribution in [2.45, 2.75) is 18.6 Å². The van der Waals surface area contributed by atoms with Crippen molar-refractivity contribution in [2.24, 2.45) is 0 Å². The van der Waals surface area contributed by atoms with E-state index in [9.17, 15) is 14.4 Å². The Morgan fingerprint density at radius 1 is 1.21 bits per heavy atom. The molecule has 10 nitrogen and oxygen atoms in total. The second kappa shape index (κ2) is 10.9. The van der Waals surface area contributed by atoms with E-state index in [2.05, 4.69) is 27.1 Å². The summed E-state index contributed by atoms with van der Waals surface area (Å²) in [5.74, 6) is -1.11. The van der Waals surface area contributed by atoms with Gasteiger partial charge in [0.2, 0.25) is 5.91 Å². The molecule has 0 saturated carbocycles. The fraction of sp³-hybridized carbons (Fsp3) is 0.238. The van der Waals surface area contributed by atoms with E-state index in [0.29, 0.717) is 28.8 Å². The van der Waals surface area contributed by atoms with Crippen molar-refractivity contribution in [2.75, 3.05) is 25.3 Å². The molecule has 1 amide bonds. The van der Waals surface area contributed by atoms with Gasteiger partial charge in [0.1, 0.15) is 15.6 Å². The lowest BCUT2D eigenvalue weighted by molar-refractivity contribution is -0.113. The highest BCUT2D eigenvalue weighted by molar-refractivity contribution is 7.99. The molecule has 0 unspecified atom stereocenters. The van der Waals surface area contributed by atoms with E-state index >= 15 is 0 Å². The number of rotatable bonds is 9. The maximum absolute atomic E-state index is 12.7. The molecule has 0 spiro atoms. The third-order valence-corrected chi connectivity index (χ3v) is 6.57. The lowest BCUT2D eigenvalue weighted by atomic mass is 10.1. The largest absolute Gasteiger partial charge is 0.465 e. The molecule has 0 bridgehead atoms. The van der Waals surface area contributed by atoms with Crippen molar-refractivity contribution in [3.05, 3.63) is 53.1 Å². The summed E-state index contributed by atoms with van der Waals surface area (Å²) >= 11 is 2.12. The van der Waals surface area contributed by atoms with E-state index in [1.165, 1.54) is 26.0 Å². The maximum Gasteiger partial charge on any atom is 0.348 e. The number of allylic oxidation sites excluding steroid dienone is 1. The number of hydrogen-bond acceptors (Lipinski definition) is 10. The second-order valence-corrected chi connectivity index (χ2v) is 8.46. The first kappa shape index (κ1) is 24.1. The number of ether oxygens (including phenoxy) is 2. The first-order chi connectivity index (χ1) is 15.9. The molecule has 0 aliphatic heterocycles. The Morgan fingerprint density at radius 3 is 2.61 bits per heavy atom. The molecule has 3 aromatic heterocycles. The van der Waals surface area contributed by atoms with Gasteiger partial charge in [-0.3, -0.25) is 14.3 Å². The van der Waals surface area contributed by atoms with E-state index in [1.807, 2.05) is 12.1 Å². The van der Waals surface area contributed by atoms with Crippen LogP contribution in [0.15, 0.2) is 42.2 Å². The maximum atomic E-state index is 12.7. The van der Waals surface area contributed by atoms with Crippen molar-refractivity contribution < 1.29 is 23.9 Å². The van der Waals surface area contributed by atoms with Crippen LogP contribution in [0.3, 0.4) is 0 Å². The zero-order valence-corrected chi connectivity index (χ0v) is 19.8. The highest BCUT2D eigenvalue weighted by Gasteiger charge is 2.27. The lowest BCUT2D eigenvalue weighted by Crippen LogP contribution is -2.16. The number of anilines is 1. The summed E-state index contributed by atoms with van der Waals surface area (Å²) in [6.45, 7) is 5.79. The molecule has 0 atom stereocenters. The molecule has 0 fully saturated rings. The number of carbonyl (C=O) groups is 3. The first-order valence-electron chi connectivity index (χ1n) is 9.59. The summed E-state index contributed by atoms with van der Waals surface area (Å²) in [6, 6.07) is 5.47. The molecule has 0 radical (unpaired) electrons. The summed E-state index contributed by atoms with van der Waals surface area (Å²) in [5.41, 5.74) is 1.15. The van der Waals surface area contributed by atoms with Crippen molar-refractivity contribution in [1.82, 2.24) is 19.7 Å². The van der Waals surface area contributed by atoms with Gasteiger partial charge >= 0.3 is 11.9 Å². The number of pyridine rings is 1. The van der Waals surface area contributed by atoms with Crippen molar-refractivity contribution in [3.63, 3.8) is 0 Å². The van der Waals surface area contributed by atoms with Crippen LogP contribution in [0.4, 0.5) is 5.00 Å². The Hall–Kier alpha value is -3.51. The van der Waals surface area contributed by atoms with Gasteiger partial charge in [-0.25, -0.2) is 9.59 Å². The Bertz CT molecular complexity index is 1190. The predicted molar refractivity (Wildman–Crippen MR) is 125 cm³/mol.